The standard InChI is InChI=1S/C29H30N2O2/c1-19(2)16-17-31-28(22-12-5-6-13-23(22)29(31)32)26-24-14-7-8-15-25(24)30(3)27(26)20-10-9-11-21(18-20)33-4/h5-15,18-19,28H,16-17H2,1-4H3. The lowest BCUT2D eigenvalue weighted by atomic mass is 9.93. The number of amides is 1. The summed E-state index contributed by atoms with van der Waals surface area (Å²) in [6, 6.07) is 24.7. The Labute approximate surface area is 195 Å². The van der Waals surface area contributed by atoms with Gasteiger partial charge in [0, 0.05) is 41.2 Å². The highest BCUT2D eigenvalue weighted by Gasteiger charge is 2.40. The average molecular weight is 439 g/mol. The summed E-state index contributed by atoms with van der Waals surface area (Å²) in [5.74, 6) is 1.47. The third kappa shape index (κ3) is 3.50. The quantitative estimate of drug-likeness (QED) is 0.347. The molecule has 0 saturated heterocycles. The summed E-state index contributed by atoms with van der Waals surface area (Å²) < 4.78 is 7.80. The lowest BCUT2D eigenvalue weighted by Gasteiger charge is -2.27. The van der Waals surface area contributed by atoms with E-state index in [1.54, 1.807) is 7.11 Å². The van der Waals surface area contributed by atoms with Crippen LogP contribution < -0.4 is 4.74 Å². The van der Waals surface area contributed by atoms with Crippen LogP contribution in [0, 0.1) is 5.92 Å². The molecule has 4 aromatic rings. The molecule has 168 valence electrons. The summed E-state index contributed by atoms with van der Waals surface area (Å²) in [6.45, 7) is 5.15. The van der Waals surface area contributed by atoms with Gasteiger partial charge < -0.3 is 14.2 Å². The molecule has 5 rings (SSSR count). The number of aryl methyl sites for hydroxylation is 1. The first-order valence-corrected chi connectivity index (χ1v) is 11.6. The summed E-state index contributed by atoms with van der Waals surface area (Å²) in [4.78, 5) is 15.7. The molecule has 0 bridgehead atoms. The van der Waals surface area contributed by atoms with Crippen LogP contribution in [0.1, 0.15) is 47.8 Å². The van der Waals surface area contributed by atoms with Gasteiger partial charge in [-0.2, -0.15) is 0 Å². The average Bonchev–Trinajstić information content (AvgIpc) is 3.28. The number of rotatable bonds is 6. The van der Waals surface area contributed by atoms with Crippen LogP contribution in [-0.4, -0.2) is 29.0 Å². The van der Waals surface area contributed by atoms with E-state index >= 15 is 0 Å². The molecule has 1 atom stereocenters. The molecule has 0 fully saturated rings. The second-order valence-electron chi connectivity index (χ2n) is 9.24. The van der Waals surface area contributed by atoms with E-state index in [2.05, 4.69) is 72.8 Å². The Balaban J connectivity index is 1.80. The zero-order chi connectivity index (χ0) is 23.1. The molecule has 1 aliphatic rings. The maximum Gasteiger partial charge on any atom is 0.255 e. The van der Waals surface area contributed by atoms with Crippen LogP contribution in [0.4, 0.5) is 0 Å². The molecule has 1 aromatic heterocycles. The number of para-hydroxylation sites is 1. The number of fused-ring (bicyclic) bond motifs is 2. The normalized spacial score (nSPS) is 15.5. The Morgan fingerprint density at radius 2 is 1.73 bits per heavy atom. The third-order valence-corrected chi connectivity index (χ3v) is 6.77. The van der Waals surface area contributed by atoms with E-state index in [-0.39, 0.29) is 11.9 Å². The SMILES string of the molecule is COc1cccc(-c2c(C3c4ccccc4C(=O)N3CCC(C)C)c3ccccc3n2C)c1. The molecule has 4 heteroatoms. The van der Waals surface area contributed by atoms with Crippen molar-refractivity contribution in [2.45, 2.75) is 26.3 Å². The monoisotopic (exact) mass is 438 g/mol. The minimum Gasteiger partial charge on any atom is -0.497 e. The van der Waals surface area contributed by atoms with Crippen molar-refractivity contribution < 1.29 is 9.53 Å². The molecule has 2 heterocycles. The molecule has 0 radical (unpaired) electrons. The number of carbonyl (C=O) groups is 1. The van der Waals surface area contributed by atoms with Crippen LogP contribution >= 0.6 is 0 Å². The minimum atomic E-state index is -0.125. The Morgan fingerprint density at radius 3 is 2.52 bits per heavy atom. The first-order chi connectivity index (χ1) is 16.0. The number of aromatic nitrogens is 1. The fourth-order valence-corrected chi connectivity index (χ4v) is 5.13. The molecular formula is C29H30N2O2. The minimum absolute atomic E-state index is 0.125. The Kier molecular flexibility index (Phi) is 5.45. The van der Waals surface area contributed by atoms with Crippen molar-refractivity contribution in [3.05, 3.63) is 89.5 Å². The Hall–Kier alpha value is -3.53. The third-order valence-electron chi connectivity index (χ3n) is 6.77. The molecule has 4 nitrogen and oxygen atoms in total. The lowest BCUT2D eigenvalue weighted by molar-refractivity contribution is 0.0742. The van der Waals surface area contributed by atoms with Gasteiger partial charge in [0.25, 0.3) is 5.91 Å². The van der Waals surface area contributed by atoms with Crippen LogP contribution in [0.15, 0.2) is 72.8 Å². The van der Waals surface area contributed by atoms with Gasteiger partial charge in [-0.25, -0.2) is 0 Å². The Morgan fingerprint density at radius 1 is 0.970 bits per heavy atom. The summed E-state index contributed by atoms with van der Waals surface area (Å²) in [5.41, 5.74) is 6.46. The van der Waals surface area contributed by atoms with E-state index in [4.69, 9.17) is 4.74 Å². The summed E-state index contributed by atoms with van der Waals surface area (Å²) in [7, 11) is 3.81. The second kappa shape index (κ2) is 8.43. The highest BCUT2D eigenvalue weighted by Crippen LogP contribution is 2.46. The van der Waals surface area contributed by atoms with Gasteiger partial charge in [0.15, 0.2) is 0 Å². The molecule has 33 heavy (non-hydrogen) atoms. The van der Waals surface area contributed by atoms with Crippen molar-refractivity contribution in [1.29, 1.82) is 0 Å². The zero-order valence-electron chi connectivity index (χ0n) is 19.7. The molecule has 0 spiro atoms. The van der Waals surface area contributed by atoms with Crippen LogP contribution in [0.25, 0.3) is 22.2 Å². The molecule has 0 aliphatic carbocycles. The van der Waals surface area contributed by atoms with E-state index in [0.717, 1.165) is 46.6 Å². The first kappa shape index (κ1) is 21.3. The van der Waals surface area contributed by atoms with Gasteiger partial charge in [-0.05, 0) is 42.2 Å². The number of methoxy groups -OCH3 is 1. The molecule has 0 N–H and O–H groups in total. The largest absolute Gasteiger partial charge is 0.497 e. The van der Waals surface area contributed by atoms with Gasteiger partial charge in [-0.15, -0.1) is 0 Å². The van der Waals surface area contributed by atoms with Crippen molar-refractivity contribution in [2.24, 2.45) is 13.0 Å². The molecule has 0 saturated carbocycles. The van der Waals surface area contributed by atoms with Gasteiger partial charge in [-0.3, -0.25) is 4.79 Å². The maximum absolute atomic E-state index is 13.6. The first-order valence-electron chi connectivity index (χ1n) is 11.6. The number of benzene rings is 3. The smallest absolute Gasteiger partial charge is 0.255 e. The summed E-state index contributed by atoms with van der Waals surface area (Å²) >= 11 is 0. The Bertz CT molecular complexity index is 1330. The van der Waals surface area contributed by atoms with Gasteiger partial charge in [-0.1, -0.05) is 62.4 Å². The number of carbonyl (C=O) groups excluding carboxylic acids is 1. The topological polar surface area (TPSA) is 34.5 Å². The summed E-state index contributed by atoms with van der Waals surface area (Å²) in [6.07, 6.45) is 0.968. The highest BCUT2D eigenvalue weighted by atomic mass is 16.5. The van der Waals surface area contributed by atoms with Crippen LogP contribution in [-0.2, 0) is 7.05 Å². The van der Waals surface area contributed by atoms with Gasteiger partial charge in [0.2, 0.25) is 0 Å². The molecular weight excluding hydrogens is 408 g/mol. The number of nitrogens with zero attached hydrogens (tertiary/aromatic N) is 2. The van der Waals surface area contributed by atoms with Crippen molar-refractivity contribution in [3.63, 3.8) is 0 Å². The van der Waals surface area contributed by atoms with E-state index in [1.807, 2.05) is 30.3 Å². The molecule has 1 aliphatic heterocycles. The predicted octanol–water partition coefficient (Wildman–Crippen LogP) is 6.45. The van der Waals surface area contributed by atoms with Gasteiger partial charge >= 0.3 is 0 Å². The van der Waals surface area contributed by atoms with Crippen LogP contribution in [0.2, 0.25) is 0 Å². The van der Waals surface area contributed by atoms with Crippen molar-refractivity contribution in [2.75, 3.05) is 13.7 Å². The number of ether oxygens (including phenoxy) is 1. The van der Waals surface area contributed by atoms with Gasteiger partial charge in [0.1, 0.15) is 5.75 Å². The fraction of sp³-hybridized carbons (Fsp3) is 0.276. The van der Waals surface area contributed by atoms with Crippen LogP contribution in [0.3, 0.4) is 0 Å². The molecule has 1 unspecified atom stereocenters. The highest BCUT2D eigenvalue weighted by molar-refractivity contribution is 6.02. The maximum atomic E-state index is 13.6. The van der Waals surface area contributed by atoms with Crippen molar-refractivity contribution in [3.8, 4) is 17.0 Å². The lowest BCUT2D eigenvalue weighted by Crippen LogP contribution is -2.30. The second-order valence-corrected chi connectivity index (χ2v) is 9.24. The predicted molar refractivity (Wildman–Crippen MR) is 134 cm³/mol. The van der Waals surface area contributed by atoms with Crippen molar-refractivity contribution in [1.82, 2.24) is 9.47 Å². The summed E-state index contributed by atoms with van der Waals surface area (Å²) in [5, 5.41) is 1.18. The van der Waals surface area contributed by atoms with E-state index in [9.17, 15) is 4.79 Å². The molecule has 1 amide bonds. The van der Waals surface area contributed by atoms with Crippen LogP contribution in [0.5, 0.6) is 5.75 Å². The van der Waals surface area contributed by atoms with E-state index in [1.165, 1.54) is 10.9 Å². The molecule has 3 aromatic carbocycles. The van der Waals surface area contributed by atoms with Crippen molar-refractivity contribution >= 4 is 16.8 Å². The van der Waals surface area contributed by atoms with Gasteiger partial charge in [0.05, 0.1) is 18.8 Å². The zero-order valence-corrected chi connectivity index (χ0v) is 19.7. The fourth-order valence-electron chi connectivity index (χ4n) is 5.13. The number of hydrogen-bond donors (Lipinski definition) is 0. The number of hydrogen-bond acceptors (Lipinski definition) is 2. The van der Waals surface area contributed by atoms with E-state index < -0.39 is 0 Å². The van der Waals surface area contributed by atoms with E-state index in [0.29, 0.717) is 5.92 Å².